The molecule has 0 aromatic heterocycles. The van der Waals surface area contributed by atoms with E-state index in [0.717, 1.165) is 32.8 Å². The molecule has 1 aromatic rings. The van der Waals surface area contributed by atoms with Crippen molar-refractivity contribution >= 4 is 0 Å². The van der Waals surface area contributed by atoms with E-state index in [9.17, 15) is 5.11 Å². The number of nitrogens with zero attached hydrogens (tertiary/aromatic N) is 1. The third-order valence-electron chi connectivity index (χ3n) is 3.35. The molecule has 2 rings (SSSR count). The van der Waals surface area contributed by atoms with Crippen LogP contribution in [0.25, 0.3) is 0 Å². The van der Waals surface area contributed by atoms with Crippen LogP contribution < -0.4 is 0 Å². The fourth-order valence-electron chi connectivity index (χ4n) is 2.34. The van der Waals surface area contributed by atoms with E-state index < -0.39 is 0 Å². The minimum Gasteiger partial charge on any atom is -0.508 e. The van der Waals surface area contributed by atoms with E-state index in [-0.39, 0.29) is 5.41 Å². The number of benzene rings is 1. The first-order valence-corrected chi connectivity index (χ1v) is 6.17. The van der Waals surface area contributed by atoms with Crippen molar-refractivity contribution in [2.75, 3.05) is 32.8 Å². The predicted octanol–water partition coefficient (Wildman–Crippen LogP) is 2.00. The standard InChI is InChI=1S/C14H21NO2/c1-14(2,11-15-6-8-17-9-7-15)12-4-3-5-13(16)10-12/h3-5,10,16H,6-9,11H2,1-2H3. The summed E-state index contributed by atoms with van der Waals surface area (Å²) in [5, 5.41) is 9.55. The monoisotopic (exact) mass is 235 g/mol. The maximum atomic E-state index is 9.55. The first kappa shape index (κ1) is 12.4. The van der Waals surface area contributed by atoms with Gasteiger partial charge in [0, 0.05) is 25.0 Å². The Morgan fingerprint density at radius 3 is 2.65 bits per heavy atom. The topological polar surface area (TPSA) is 32.7 Å². The van der Waals surface area contributed by atoms with Crippen LogP contribution in [0.4, 0.5) is 0 Å². The van der Waals surface area contributed by atoms with Gasteiger partial charge in [0.25, 0.3) is 0 Å². The normalized spacial score (nSPS) is 18.2. The lowest BCUT2D eigenvalue weighted by Crippen LogP contribution is -2.43. The SMILES string of the molecule is CC(C)(CN1CCOCC1)c1cccc(O)c1. The second kappa shape index (κ2) is 5.07. The molecule has 0 radical (unpaired) electrons. The zero-order valence-electron chi connectivity index (χ0n) is 10.6. The Morgan fingerprint density at radius 2 is 2.00 bits per heavy atom. The maximum Gasteiger partial charge on any atom is 0.115 e. The van der Waals surface area contributed by atoms with Gasteiger partial charge in [-0.2, -0.15) is 0 Å². The van der Waals surface area contributed by atoms with Crippen LogP contribution in [0.3, 0.4) is 0 Å². The molecule has 0 atom stereocenters. The van der Waals surface area contributed by atoms with Crippen LogP contribution in [-0.4, -0.2) is 42.9 Å². The van der Waals surface area contributed by atoms with Crippen molar-refractivity contribution in [1.29, 1.82) is 0 Å². The number of hydrogen-bond acceptors (Lipinski definition) is 3. The van der Waals surface area contributed by atoms with Gasteiger partial charge in [0.2, 0.25) is 0 Å². The zero-order chi connectivity index (χ0) is 12.3. The van der Waals surface area contributed by atoms with E-state index >= 15 is 0 Å². The molecular weight excluding hydrogens is 214 g/mol. The number of rotatable bonds is 3. The lowest BCUT2D eigenvalue weighted by atomic mass is 9.84. The molecule has 0 saturated carbocycles. The fourth-order valence-corrected chi connectivity index (χ4v) is 2.34. The van der Waals surface area contributed by atoms with E-state index in [1.165, 1.54) is 5.56 Å². The first-order chi connectivity index (χ1) is 8.08. The van der Waals surface area contributed by atoms with Gasteiger partial charge in [-0.1, -0.05) is 26.0 Å². The molecule has 0 amide bonds. The number of ether oxygens (including phenoxy) is 1. The van der Waals surface area contributed by atoms with E-state index in [2.05, 4.69) is 24.8 Å². The van der Waals surface area contributed by atoms with Crippen molar-refractivity contribution in [2.45, 2.75) is 19.3 Å². The summed E-state index contributed by atoms with van der Waals surface area (Å²) in [6.07, 6.45) is 0. The van der Waals surface area contributed by atoms with Crippen LogP contribution in [0.15, 0.2) is 24.3 Å². The molecule has 1 aromatic carbocycles. The van der Waals surface area contributed by atoms with E-state index in [0.29, 0.717) is 5.75 Å². The molecule has 3 nitrogen and oxygen atoms in total. The quantitative estimate of drug-likeness (QED) is 0.870. The Morgan fingerprint density at radius 1 is 1.29 bits per heavy atom. The number of hydrogen-bond donors (Lipinski definition) is 1. The van der Waals surface area contributed by atoms with Crippen LogP contribution >= 0.6 is 0 Å². The van der Waals surface area contributed by atoms with Gasteiger partial charge in [-0.15, -0.1) is 0 Å². The number of aromatic hydroxyl groups is 1. The lowest BCUT2D eigenvalue weighted by molar-refractivity contribution is 0.0295. The van der Waals surface area contributed by atoms with Crippen molar-refractivity contribution in [1.82, 2.24) is 4.90 Å². The summed E-state index contributed by atoms with van der Waals surface area (Å²) in [6.45, 7) is 9.10. The predicted molar refractivity (Wildman–Crippen MR) is 68.4 cm³/mol. The zero-order valence-corrected chi connectivity index (χ0v) is 10.6. The van der Waals surface area contributed by atoms with Crippen LogP contribution in [0.1, 0.15) is 19.4 Å². The van der Waals surface area contributed by atoms with Gasteiger partial charge < -0.3 is 9.84 Å². The van der Waals surface area contributed by atoms with Gasteiger partial charge in [-0.05, 0) is 17.7 Å². The van der Waals surface area contributed by atoms with E-state index in [1.54, 1.807) is 6.07 Å². The van der Waals surface area contributed by atoms with Gasteiger partial charge in [0.15, 0.2) is 0 Å². The van der Waals surface area contributed by atoms with Crippen molar-refractivity contribution in [2.24, 2.45) is 0 Å². The highest BCUT2D eigenvalue weighted by Gasteiger charge is 2.25. The average molecular weight is 235 g/mol. The Balaban J connectivity index is 2.06. The molecule has 94 valence electrons. The molecule has 0 aliphatic carbocycles. The Hall–Kier alpha value is -1.06. The molecule has 1 saturated heterocycles. The van der Waals surface area contributed by atoms with Crippen LogP contribution in [-0.2, 0) is 10.2 Å². The van der Waals surface area contributed by atoms with Gasteiger partial charge in [0.05, 0.1) is 13.2 Å². The lowest BCUT2D eigenvalue weighted by Gasteiger charge is -2.35. The average Bonchev–Trinajstić information content (AvgIpc) is 2.30. The summed E-state index contributed by atoms with van der Waals surface area (Å²) in [4.78, 5) is 2.42. The third-order valence-corrected chi connectivity index (χ3v) is 3.35. The molecule has 1 N–H and O–H groups in total. The minimum absolute atomic E-state index is 0.0517. The Kier molecular flexibility index (Phi) is 3.69. The molecule has 1 fully saturated rings. The van der Waals surface area contributed by atoms with Crippen LogP contribution in [0, 0.1) is 0 Å². The molecule has 1 aliphatic heterocycles. The smallest absolute Gasteiger partial charge is 0.115 e. The minimum atomic E-state index is 0.0517. The molecule has 17 heavy (non-hydrogen) atoms. The largest absolute Gasteiger partial charge is 0.508 e. The summed E-state index contributed by atoms with van der Waals surface area (Å²) in [6, 6.07) is 7.57. The van der Waals surface area contributed by atoms with Gasteiger partial charge in [0.1, 0.15) is 5.75 Å². The highest BCUT2D eigenvalue weighted by Crippen LogP contribution is 2.27. The molecule has 0 spiro atoms. The van der Waals surface area contributed by atoms with Crippen molar-refractivity contribution in [3.63, 3.8) is 0 Å². The van der Waals surface area contributed by atoms with Crippen molar-refractivity contribution in [3.05, 3.63) is 29.8 Å². The van der Waals surface area contributed by atoms with Gasteiger partial charge in [-0.25, -0.2) is 0 Å². The molecule has 0 unspecified atom stereocenters. The molecule has 1 heterocycles. The summed E-state index contributed by atoms with van der Waals surface area (Å²) >= 11 is 0. The highest BCUT2D eigenvalue weighted by atomic mass is 16.5. The summed E-state index contributed by atoms with van der Waals surface area (Å²) < 4.78 is 5.36. The number of phenols is 1. The van der Waals surface area contributed by atoms with Crippen molar-refractivity contribution < 1.29 is 9.84 Å². The molecule has 3 heteroatoms. The third kappa shape index (κ3) is 3.20. The Bertz CT molecular complexity index is 370. The first-order valence-electron chi connectivity index (χ1n) is 6.17. The van der Waals surface area contributed by atoms with Crippen molar-refractivity contribution in [3.8, 4) is 5.75 Å². The summed E-state index contributed by atoms with van der Waals surface area (Å²) in [7, 11) is 0. The second-order valence-corrected chi connectivity index (χ2v) is 5.32. The van der Waals surface area contributed by atoms with Gasteiger partial charge in [-0.3, -0.25) is 4.90 Å². The number of phenolic OH excluding ortho intramolecular Hbond substituents is 1. The van der Waals surface area contributed by atoms with E-state index in [4.69, 9.17) is 4.74 Å². The maximum absolute atomic E-state index is 9.55. The van der Waals surface area contributed by atoms with Crippen LogP contribution in [0.2, 0.25) is 0 Å². The van der Waals surface area contributed by atoms with Crippen LogP contribution in [0.5, 0.6) is 5.75 Å². The highest BCUT2D eigenvalue weighted by molar-refractivity contribution is 5.32. The number of morpholine rings is 1. The van der Waals surface area contributed by atoms with Gasteiger partial charge >= 0.3 is 0 Å². The molecule has 1 aliphatic rings. The Labute approximate surface area is 103 Å². The summed E-state index contributed by atoms with van der Waals surface area (Å²) in [5.41, 5.74) is 1.24. The molecular formula is C14H21NO2. The molecule has 0 bridgehead atoms. The summed E-state index contributed by atoms with van der Waals surface area (Å²) in [5.74, 6) is 0.345. The fraction of sp³-hybridized carbons (Fsp3) is 0.571. The second-order valence-electron chi connectivity index (χ2n) is 5.32. The van der Waals surface area contributed by atoms with E-state index in [1.807, 2.05) is 12.1 Å².